The second-order valence-corrected chi connectivity index (χ2v) is 4.40. The van der Waals surface area contributed by atoms with Crippen molar-refractivity contribution in [3.63, 3.8) is 0 Å². The van der Waals surface area contributed by atoms with Crippen molar-refractivity contribution in [3.05, 3.63) is 69.8 Å². The summed E-state index contributed by atoms with van der Waals surface area (Å²) in [4.78, 5) is 15.3. The SMILES string of the molecule is CCOc1ccccc1/C=N\OCc1ccc([N+](=O)[O-])cc1. The van der Waals surface area contributed by atoms with E-state index in [0.29, 0.717) is 6.61 Å². The lowest BCUT2D eigenvalue weighted by molar-refractivity contribution is -0.384. The van der Waals surface area contributed by atoms with Crippen LogP contribution in [0.25, 0.3) is 0 Å². The molecule has 22 heavy (non-hydrogen) atoms. The molecule has 0 aromatic heterocycles. The van der Waals surface area contributed by atoms with Gasteiger partial charge in [-0.25, -0.2) is 0 Å². The molecule has 2 aromatic rings. The molecule has 6 heteroatoms. The first-order valence-corrected chi connectivity index (χ1v) is 6.81. The minimum atomic E-state index is -0.437. The number of ether oxygens (including phenoxy) is 1. The highest BCUT2D eigenvalue weighted by atomic mass is 16.6. The lowest BCUT2D eigenvalue weighted by Gasteiger charge is -2.05. The van der Waals surface area contributed by atoms with Crippen LogP contribution in [0.3, 0.4) is 0 Å². The van der Waals surface area contributed by atoms with E-state index in [0.717, 1.165) is 16.9 Å². The molecule has 0 aliphatic heterocycles. The Hall–Kier alpha value is -2.89. The molecular formula is C16H16N2O4. The summed E-state index contributed by atoms with van der Waals surface area (Å²) >= 11 is 0. The monoisotopic (exact) mass is 300 g/mol. The standard InChI is InChI=1S/C16H16N2O4/c1-2-21-16-6-4-3-5-14(16)11-17-22-12-13-7-9-15(10-8-13)18(19)20/h3-11H,2,12H2,1H3/b17-11-. The number of nitrogens with zero attached hydrogens (tertiary/aromatic N) is 2. The molecular weight excluding hydrogens is 284 g/mol. The molecule has 0 aliphatic rings. The van der Waals surface area contributed by atoms with Gasteiger partial charge < -0.3 is 9.57 Å². The molecule has 114 valence electrons. The molecule has 0 unspecified atom stereocenters. The van der Waals surface area contributed by atoms with E-state index in [-0.39, 0.29) is 12.3 Å². The first-order chi connectivity index (χ1) is 10.7. The summed E-state index contributed by atoms with van der Waals surface area (Å²) in [5.41, 5.74) is 1.69. The largest absolute Gasteiger partial charge is 0.493 e. The molecule has 2 rings (SSSR count). The predicted octanol–water partition coefficient (Wildman–Crippen LogP) is 3.54. The van der Waals surface area contributed by atoms with Crippen molar-refractivity contribution in [3.8, 4) is 5.75 Å². The normalized spacial score (nSPS) is 10.6. The minimum Gasteiger partial charge on any atom is -0.493 e. The maximum absolute atomic E-state index is 10.6. The number of rotatable bonds is 7. The Morgan fingerprint density at radius 3 is 2.59 bits per heavy atom. The van der Waals surface area contributed by atoms with Crippen LogP contribution in [0, 0.1) is 10.1 Å². The molecule has 0 bridgehead atoms. The highest BCUT2D eigenvalue weighted by molar-refractivity contribution is 5.83. The summed E-state index contributed by atoms with van der Waals surface area (Å²) in [5, 5.41) is 14.5. The molecule has 0 amide bonds. The molecule has 0 N–H and O–H groups in total. The molecule has 0 saturated carbocycles. The number of nitro benzene ring substituents is 1. The van der Waals surface area contributed by atoms with E-state index >= 15 is 0 Å². The van der Waals surface area contributed by atoms with Gasteiger partial charge in [0, 0.05) is 17.7 Å². The second-order valence-electron chi connectivity index (χ2n) is 4.40. The number of benzene rings is 2. The second kappa shape index (κ2) is 7.78. The number of nitro groups is 1. The quantitative estimate of drug-likeness (QED) is 0.445. The maximum atomic E-state index is 10.6. The number of non-ortho nitro benzene ring substituents is 1. The van der Waals surface area contributed by atoms with E-state index in [1.54, 1.807) is 18.3 Å². The number of hydrogen-bond donors (Lipinski definition) is 0. The lowest BCUT2D eigenvalue weighted by atomic mass is 10.2. The van der Waals surface area contributed by atoms with Crippen molar-refractivity contribution in [2.75, 3.05) is 6.61 Å². The topological polar surface area (TPSA) is 74.0 Å². The van der Waals surface area contributed by atoms with Crippen molar-refractivity contribution in [2.45, 2.75) is 13.5 Å². The zero-order valence-electron chi connectivity index (χ0n) is 12.1. The Bertz CT molecular complexity index is 653. The maximum Gasteiger partial charge on any atom is 0.269 e. The van der Waals surface area contributed by atoms with Crippen molar-refractivity contribution in [1.82, 2.24) is 0 Å². The van der Waals surface area contributed by atoms with Gasteiger partial charge >= 0.3 is 0 Å². The Morgan fingerprint density at radius 2 is 1.91 bits per heavy atom. The highest BCUT2D eigenvalue weighted by Gasteiger charge is 2.04. The van der Waals surface area contributed by atoms with Crippen LogP contribution in [-0.4, -0.2) is 17.7 Å². The van der Waals surface area contributed by atoms with Crippen LogP contribution in [0.15, 0.2) is 53.7 Å². The summed E-state index contributed by atoms with van der Waals surface area (Å²) in [6.07, 6.45) is 1.58. The summed E-state index contributed by atoms with van der Waals surface area (Å²) in [7, 11) is 0. The van der Waals surface area contributed by atoms with Gasteiger partial charge in [-0.15, -0.1) is 0 Å². The van der Waals surface area contributed by atoms with E-state index in [9.17, 15) is 10.1 Å². The van der Waals surface area contributed by atoms with Gasteiger partial charge in [0.15, 0.2) is 0 Å². The summed E-state index contributed by atoms with van der Waals surface area (Å²) < 4.78 is 5.48. The van der Waals surface area contributed by atoms with Crippen LogP contribution in [0.2, 0.25) is 0 Å². The average molecular weight is 300 g/mol. The Balaban J connectivity index is 1.91. The van der Waals surface area contributed by atoms with Crippen LogP contribution in [0.1, 0.15) is 18.1 Å². The third-order valence-electron chi connectivity index (χ3n) is 2.86. The van der Waals surface area contributed by atoms with Gasteiger partial charge in [-0.1, -0.05) is 17.3 Å². The van der Waals surface area contributed by atoms with E-state index < -0.39 is 4.92 Å². The first-order valence-electron chi connectivity index (χ1n) is 6.81. The zero-order valence-corrected chi connectivity index (χ0v) is 12.1. The van der Waals surface area contributed by atoms with Crippen LogP contribution in [0.5, 0.6) is 5.75 Å². The number of para-hydroxylation sites is 1. The molecule has 0 heterocycles. The third kappa shape index (κ3) is 4.31. The van der Waals surface area contributed by atoms with Gasteiger partial charge in [-0.2, -0.15) is 0 Å². The van der Waals surface area contributed by atoms with Gasteiger partial charge in [-0.3, -0.25) is 10.1 Å². The molecule has 2 aromatic carbocycles. The molecule has 6 nitrogen and oxygen atoms in total. The Morgan fingerprint density at radius 1 is 1.18 bits per heavy atom. The molecule has 0 spiro atoms. The Kier molecular flexibility index (Phi) is 5.48. The predicted molar refractivity (Wildman–Crippen MR) is 83.1 cm³/mol. The van der Waals surface area contributed by atoms with Gasteiger partial charge in [-0.05, 0) is 36.8 Å². The van der Waals surface area contributed by atoms with E-state index in [2.05, 4.69) is 5.16 Å². The van der Waals surface area contributed by atoms with E-state index in [1.165, 1.54) is 12.1 Å². The average Bonchev–Trinajstić information content (AvgIpc) is 2.53. The van der Waals surface area contributed by atoms with Crippen LogP contribution < -0.4 is 4.74 Å². The van der Waals surface area contributed by atoms with Crippen molar-refractivity contribution < 1.29 is 14.5 Å². The van der Waals surface area contributed by atoms with Crippen LogP contribution >= 0.6 is 0 Å². The third-order valence-corrected chi connectivity index (χ3v) is 2.86. The number of hydrogen-bond acceptors (Lipinski definition) is 5. The van der Waals surface area contributed by atoms with Gasteiger partial charge in [0.2, 0.25) is 0 Å². The molecule has 0 atom stereocenters. The highest BCUT2D eigenvalue weighted by Crippen LogP contribution is 2.16. The van der Waals surface area contributed by atoms with Crippen LogP contribution in [-0.2, 0) is 11.4 Å². The fourth-order valence-electron chi connectivity index (χ4n) is 1.79. The minimum absolute atomic E-state index is 0.0536. The zero-order chi connectivity index (χ0) is 15.8. The fourth-order valence-corrected chi connectivity index (χ4v) is 1.79. The van der Waals surface area contributed by atoms with Crippen LogP contribution in [0.4, 0.5) is 5.69 Å². The summed E-state index contributed by atoms with van der Waals surface area (Å²) in [5.74, 6) is 0.743. The molecule has 0 radical (unpaired) electrons. The van der Waals surface area contributed by atoms with Gasteiger partial charge in [0.05, 0.1) is 17.7 Å². The van der Waals surface area contributed by atoms with E-state index in [1.807, 2.05) is 31.2 Å². The van der Waals surface area contributed by atoms with Crippen molar-refractivity contribution in [1.29, 1.82) is 0 Å². The first kappa shape index (κ1) is 15.5. The summed E-state index contributed by atoms with van der Waals surface area (Å²) in [6.45, 7) is 2.73. The van der Waals surface area contributed by atoms with Crippen molar-refractivity contribution >= 4 is 11.9 Å². The number of oxime groups is 1. The molecule has 0 aliphatic carbocycles. The Labute approximate surface area is 128 Å². The van der Waals surface area contributed by atoms with Gasteiger partial charge in [0.25, 0.3) is 5.69 Å². The lowest BCUT2D eigenvalue weighted by Crippen LogP contribution is -1.96. The van der Waals surface area contributed by atoms with E-state index in [4.69, 9.17) is 9.57 Å². The molecule has 0 saturated heterocycles. The van der Waals surface area contributed by atoms with Crippen molar-refractivity contribution in [2.24, 2.45) is 5.16 Å². The fraction of sp³-hybridized carbons (Fsp3) is 0.188. The molecule has 0 fully saturated rings. The summed E-state index contributed by atoms with van der Waals surface area (Å²) in [6, 6.07) is 13.7. The van der Waals surface area contributed by atoms with Gasteiger partial charge in [0.1, 0.15) is 12.4 Å². The smallest absolute Gasteiger partial charge is 0.269 e.